The minimum Gasteiger partial charge on any atom is -0.392 e. The van der Waals surface area contributed by atoms with Crippen LogP contribution in [0.2, 0.25) is 0 Å². The third-order valence-corrected chi connectivity index (χ3v) is 7.24. The minimum atomic E-state index is -0.808. The van der Waals surface area contributed by atoms with Crippen LogP contribution in [-0.4, -0.2) is 52.1 Å². The molecule has 5 nitrogen and oxygen atoms in total. The van der Waals surface area contributed by atoms with Gasteiger partial charge in [-0.05, 0) is 17.8 Å². The van der Waals surface area contributed by atoms with Gasteiger partial charge >= 0.3 is 0 Å². The molecule has 8 atom stereocenters. The number of aliphatic hydroxyl groups excluding tert-OH is 2. The number of hydrogen-bond acceptors (Lipinski definition) is 5. The molecule has 3 aliphatic carbocycles. The molecule has 110 valence electrons. The topological polar surface area (TPSA) is 82.6 Å². The van der Waals surface area contributed by atoms with Gasteiger partial charge in [-0.15, -0.1) is 0 Å². The van der Waals surface area contributed by atoms with Gasteiger partial charge in [0.2, 0.25) is 0 Å². The van der Waals surface area contributed by atoms with Crippen LogP contribution in [0, 0.1) is 22.7 Å². The Bertz CT molecular complexity index is 552. The van der Waals surface area contributed by atoms with E-state index in [1.54, 1.807) is 0 Å². The average Bonchev–Trinajstić information content (AvgIpc) is 3.24. The number of ketones is 1. The summed E-state index contributed by atoms with van der Waals surface area (Å²) < 4.78 is 11.3. The van der Waals surface area contributed by atoms with Crippen LogP contribution in [0.4, 0.5) is 0 Å². The average molecular weight is 280 g/mol. The number of carbonyl (C=O) groups is 1. The second-order valence-corrected chi connectivity index (χ2v) is 8.25. The molecule has 0 aromatic heterocycles. The SMILES string of the molecule is CC1(C)CC2[C@H](O)[C@@]34O[C@@H]3C(=O)[C@@]3(CO3)[C@@]4(C)[C@@H]2[C@H]1O. The molecule has 5 aliphatic rings. The first-order valence-electron chi connectivity index (χ1n) is 7.46. The summed E-state index contributed by atoms with van der Waals surface area (Å²) in [7, 11) is 0. The van der Waals surface area contributed by atoms with Gasteiger partial charge in [-0.1, -0.05) is 20.8 Å². The van der Waals surface area contributed by atoms with E-state index in [1.165, 1.54) is 0 Å². The van der Waals surface area contributed by atoms with E-state index in [2.05, 4.69) is 0 Å². The van der Waals surface area contributed by atoms with Gasteiger partial charge in [-0.25, -0.2) is 0 Å². The summed E-state index contributed by atoms with van der Waals surface area (Å²) in [6.45, 7) is 6.46. The highest BCUT2D eigenvalue weighted by Gasteiger charge is 2.97. The van der Waals surface area contributed by atoms with Gasteiger partial charge in [0.1, 0.15) is 5.60 Å². The zero-order valence-electron chi connectivity index (χ0n) is 11.9. The fourth-order valence-electron chi connectivity index (χ4n) is 6.11. The molecule has 5 heteroatoms. The van der Waals surface area contributed by atoms with Gasteiger partial charge in [0.25, 0.3) is 0 Å². The Morgan fingerprint density at radius 3 is 2.45 bits per heavy atom. The Morgan fingerprint density at radius 1 is 1.20 bits per heavy atom. The van der Waals surface area contributed by atoms with Crippen molar-refractivity contribution in [1.29, 1.82) is 0 Å². The van der Waals surface area contributed by atoms with E-state index >= 15 is 0 Å². The number of Topliss-reactive ketones (excluding diaryl/α,β-unsaturated/α-hetero) is 1. The number of hydrogen-bond donors (Lipinski definition) is 2. The van der Waals surface area contributed by atoms with Crippen LogP contribution >= 0.6 is 0 Å². The summed E-state index contributed by atoms with van der Waals surface area (Å²) in [5, 5.41) is 21.6. The van der Waals surface area contributed by atoms with Gasteiger partial charge in [0.05, 0.1) is 18.8 Å². The highest BCUT2D eigenvalue weighted by molar-refractivity contribution is 6.02. The highest BCUT2D eigenvalue weighted by Crippen LogP contribution is 2.80. The van der Waals surface area contributed by atoms with Crippen molar-refractivity contribution in [1.82, 2.24) is 0 Å². The first kappa shape index (κ1) is 12.1. The summed E-state index contributed by atoms with van der Waals surface area (Å²) in [5.74, 6) is -0.162. The van der Waals surface area contributed by atoms with E-state index in [0.29, 0.717) is 6.61 Å². The van der Waals surface area contributed by atoms with Crippen molar-refractivity contribution in [2.45, 2.75) is 56.7 Å². The largest absolute Gasteiger partial charge is 0.392 e. The first-order chi connectivity index (χ1) is 9.24. The molecular weight excluding hydrogens is 260 g/mol. The molecule has 2 aliphatic heterocycles. The molecular formula is C15H20O5. The molecule has 0 aromatic carbocycles. The Kier molecular flexibility index (Phi) is 1.66. The second-order valence-electron chi connectivity index (χ2n) is 8.25. The monoisotopic (exact) mass is 280 g/mol. The van der Waals surface area contributed by atoms with Crippen molar-refractivity contribution in [2.24, 2.45) is 22.7 Å². The number of carbonyl (C=O) groups excluding carboxylic acids is 1. The lowest BCUT2D eigenvalue weighted by Gasteiger charge is -2.39. The fraction of sp³-hybridized carbons (Fsp3) is 0.933. The first-order valence-corrected chi connectivity index (χ1v) is 7.46. The molecule has 1 unspecified atom stereocenters. The number of rotatable bonds is 0. The van der Waals surface area contributed by atoms with Gasteiger partial charge in [0, 0.05) is 11.3 Å². The van der Waals surface area contributed by atoms with Crippen molar-refractivity contribution >= 4 is 5.78 Å². The smallest absolute Gasteiger partial charge is 0.199 e. The van der Waals surface area contributed by atoms with Gasteiger partial charge in [-0.3, -0.25) is 4.79 Å². The fourth-order valence-corrected chi connectivity index (χ4v) is 6.11. The van der Waals surface area contributed by atoms with Crippen LogP contribution in [0.5, 0.6) is 0 Å². The quantitative estimate of drug-likeness (QED) is 0.605. The van der Waals surface area contributed by atoms with Crippen molar-refractivity contribution in [3.63, 3.8) is 0 Å². The highest BCUT2D eigenvalue weighted by atomic mass is 16.7. The summed E-state index contributed by atoms with van der Waals surface area (Å²) in [6, 6.07) is 0. The Balaban J connectivity index is 1.73. The zero-order chi connectivity index (χ0) is 14.3. The van der Waals surface area contributed by atoms with Crippen LogP contribution in [0.25, 0.3) is 0 Å². The van der Waals surface area contributed by atoms with Crippen LogP contribution in [0.3, 0.4) is 0 Å². The van der Waals surface area contributed by atoms with E-state index in [-0.39, 0.29) is 23.0 Å². The van der Waals surface area contributed by atoms with E-state index in [9.17, 15) is 15.0 Å². The Morgan fingerprint density at radius 2 is 1.85 bits per heavy atom. The predicted octanol–water partition coefficient (Wildman–Crippen LogP) is -0.120. The molecule has 2 N–H and O–H groups in total. The standard InChI is InChI=1S/C15H20O5/c1-12(2)4-6-7(9(12)17)13(3)14(5-19-14)10(18)11-15(13,20-11)8(6)16/h6-9,11,16-17H,4-5H2,1-3H3/t6?,7-,8-,9+,11+,13+,14-,15+/m0/s1. The molecule has 2 heterocycles. The van der Waals surface area contributed by atoms with Crippen molar-refractivity contribution < 1.29 is 24.5 Å². The second kappa shape index (κ2) is 2.74. The maximum Gasteiger partial charge on any atom is 0.199 e. The molecule has 2 saturated heterocycles. The third-order valence-electron chi connectivity index (χ3n) is 7.24. The molecule has 0 radical (unpaired) electrons. The lowest BCUT2D eigenvalue weighted by Crippen LogP contribution is -2.52. The van der Waals surface area contributed by atoms with Crippen LogP contribution in [0.15, 0.2) is 0 Å². The zero-order valence-corrected chi connectivity index (χ0v) is 11.9. The maximum atomic E-state index is 12.5. The van der Waals surface area contributed by atoms with E-state index in [1.807, 2.05) is 20.8 Å². The Labute approximate surface area is 117 Å². The minimum absolute atomic E-state index is 0.0100. The van der Waals surface area contributed by atoms with Crippen LogP contribution in [-0.2, 0) is 14.3 Å². The van der Waals surface area contributed by atoms with E-state index in [0.717, 1.165) is 6.42 Å². The molecule has 0 bridgehead atoms. The molecule has 5 fully saturated rings. The summed E-state index contributed by atoms with van der Waals surface area (Å²) in [4.78, 5) is 12.5. The van der Waals surface area contributed by atoms with E-state index < -0.39 is 34.9 Å². The van der Waals surface area contributed by atoms with Crippen molar-refractivity contribution in [3.05, 3.63) is 0 Å². The normalized spacial score (nSPS) is 68.0. The number of fused-ring (bicyclic) bond motifs is 3. The number of aliphatic hydroxyl groups is 2. The summed E-state index contributed by atoms with van der Waals surface area (Å²) in [6.07, 6.45) is -0.974. The molecule has 5 rings (SSSR count). The molecule has 20 heavy (non-hydrogen) atoms. The van der Waals surface area contributed by atoms with Crippen LogP contribution in [0.1, 0.15) is 27.2 Å². The third kappa shape index (κ3) is 0.815. The lowest BCUT2D eigenvalue weighted by atomic mass is 9.65. The number of epoxide rings is 2. The van der Waals surface area contributed by atoms with E-state index in [4.69, 9.17) is 9.47 Å². The van der Waals surface area contributed by atoms with Crippen molar-refractivity contribution in [2.75, 3.05) is 6.61 Å². The van der Waals surface area contributed by atoms with Crippen molar-refractivity contribution in [3.8, 4) is 0 Å². The Hall–Kier alpha value is -0.490. The van der Waals surface area contributed by atoms with Crippen LogP contribution < -0.4 is 0 Å². The maximum absolute atomic E-state index is 12.5. The van der Waals surface area contributed by atoms with Gasteiger partial charge in [0.15, 0.2) is 17.5 Å². The molecule has 0 aromatic rings. The van der Waals surface area contributed by atoms with Gasteiger partial charge < -0.3 is 19.7 Å². The predicted molar refractivity (Wildman–Crippen MR) is 66.8 cm³/mol. The summed E-state index contributed by atoms with van der Waals surface area (Å²) >= 11 is 0. The molecule has 0 amide bonds. The molecule has 3 saturated carbocycles. The van der Waals surface area contributed by atoms with Gasteiger partial charge in [-0.2, -0.15) is 0 Å². The molecule has 2 spiro atoms. The summed E-state index contributed by atoms with van der Waals surface area (Å²) in [5.41, 5.74) is -2.45. The number of ether oxygens (including phenoxy) is 2. The lowest BCUT2D eigenvalue weighted by molar-refractivity contribution is -0.135.